The summed E-state index contributed by atoms with van der Waals surface area (Å²) >= 11 is 0. The van der Waals surface area contributed by atoms with E-state index in [0.29, 0.717) is 5.19 Å². The van der Waals surface area contributed by atoms with Crippen LogP contribution in [0.2, 0.25) is 0 Å². The Kier molecular flexibility index (Phi) is 4.77. The first-order valence-electron chi connectivity index (χ1n) is 7.79. The molecule has 25 heavy (non-hydrogen) atoms. The molecule has 0 aliphatic carbocycles. The Morgan fingerprint density at radius 2 is 1.16 bits per heavy atom. The van der Waals surface area contributed by atoms with Gasteiger partial charge in [-0.25, -0.2) is 9.59 Å². The van der Waals surface area contributed by atoms with Crippen molar-refractivity contribution in [3.63, 3.8) is 0 Å². The molecule has 124 valence electrons. The molecule has 0 unspecified atom stereocenters. The van der Waals surface area contributed by atoms with Crippen LogP contribution in [0.3, 0.4) is 0 Å². The largest absolute Gasteiger partial charge is 0.478 e. The van der Waals surface area contributed by atoms with E-state index in [-0.39, 0.29) is 11.1 Å². The lowest BCUT2D eigenvalue weighted by atomic mass is 10.1. The minimum Gasteiger partial charge on any atom is -0.478 e. The summed E-state index contributed by atoms with van der Waals surface area (Å²) in [5.41, 5.74) is -0.284. The molecule has 4 nitrogen and oxygen atoms in total. The number of hydrogen-bond donors (Lipinski definition) is 2. The summed E-state index contributed by atoms with van der Waals surface area (Å²) in [7, 11) is -2.12. The smallest absolute Gasteiger partial charge is 0.336 e. The SMILES string of the molecule is O=C(O)c1cccc([SiH](c2ccccc2)c2ccccc2)c1C(=O)O. The van der Waals surface area contributed by atoms with Crippen LogP contribution in [0.15, 0.2) is 78.9 Å². The van der Waals surface area contributed by atoms with Gasteiger partial charge in [0.2, 0.25) is 0 Å². The van der Waals surface area contributed by atoms with Crippen LogP contribution in [-0.4, -0.2) is 30.9 Å². The van der Waals surface area contributed by atoms with E-state index in [1.807, 2.05) is 60.7 Å². The third-order valence-corrected chi connectivity index (χ3v) is 7.32. The Morgan fingerprint density at radius 1 is 0.640 bits per heavy atom. The Balaban J connectivity index is 2.30. The molecule has 0 amide bonds. The van der Waals surface area contributed by atoms with Crippen molar-refractivity contribution in [2.45, 2.75) is 0 Å². The third kappa shape index (κ3) is 3.36. The average molecular weight is 348 g/mol. The van der Waals surface area contributed by atoms with E-state index in [1.165, 1.54) is 6.07 Å². The van der Waals surface area contributed by atoms with Gasteiger partial charge in [0.05, 0.1) is 11.1 Å². The molecule has 0 aliphatic heterocycles. The van der Waals surface area contributed by atoms with Crippen LogP contribution in [0, 0.1) is 0 Å². The van der Waals surface area contributed by atoms with E-state index >= 15 is 0 Å². The van der Waals surface area contributed by atoms with Gasteiger partial charge in [-0.05, 0) is 11.3 Å². The van der Waals surface area contributed by atoms with Crippen LogP contribution in [0.5, 0.6) is 0 Å². The second kappa shape index (κ2) is 7.15. The van der Waals surface area contributed by atoms with Gasteiger partial charge in [0.1, 0.15) is 8.80 Å². The van der Waals surface area contributed by atoms with E-state index in [0.717, 1.165) is 10.4 Å². The fourth-order valence-electron chi connectivity index (χ4n) is 3.07. The third-order valence-electron chi connectivity index (χ3n) is 4.12. The second-order valence-electron chi connectivity index (χ2n) is 5.63. The highest BCUT2D eigenvalue weighted by Crippen LogP contribution is 2.09. The van der Waals surface area contributed by atoms with Crippen LogP contribution in [-0.2, 0) is 0 Å². The van der Waals surface area contributed by atoms with Gasteiger partial charge in [-0.2, -0.15) is 0 Å². The molecule has 0 saturated heterocycles. The quantitative estimate of drug-likeness (QED) is 0.539. The Hall–Kier alpha value is -3.18. The van der Waals surface area contributed by atoms with Gasteiger partial charge in [0.25, 0.3) is 0 Å². The number of benzene rings is 3. The topological polar surface area (TPSA) is 74.6 Å². The molecule has 3 rings (SSSR count). The molecule has 0 spiro atoms. The van der Waals surface area contributed by atoms with Crippen molar-refractivity contribution in [2.75, 3.05) is 0 Å². The predicted octanol–water partition coefficient (Wildman–Crippen LogP) is 1.33. The van der Waals surface area contributed by atoms with Crippen molar-refractivity contribution in [1.82, 2.24) is 0 Å². The van der Waals surface area contributed by atoms with E-state index in [9.17, 15) is 19.8 Å². The molecule has 0 saturated carbocycles. The van der Waals surface area contributed by atoms with Crippen molar-refractivity contribution in [1.29, 1.82) is 0 Å². The summed E-state index contributed by atoms with van der Waals surface area (Å²) in [6, 6.07) is 24.1. The molecule has 0 atom stereocenters. The van der Waals surface area contributed by atoms with Crippen molar-refractivity contribution in [2.24, 2.45) is 0 Å². The highest BCUT2D eigenvalue weighted by Gasteiger charge is 2.27. The van der Waals surface area contributed by atoms with Crippen molar-refractivity contribution in [3.8, 4) is 0 Å². The van der Waals surface area contributed by atoms with Gasteiger partial charge < -0.3 is 10.2 Å². The van der Waals surface area contributed by atoms with Crippen LogP contribution < -0.4 is 15.6 Å². The number of carboxylic acid groups (broad SMARTS) is 2. The molecular formula is C20H16O4Si. The van der Waals surface area contributed by atoms with Crippen LogP contribution >= 0.6 is 0 Å². The number of rotatable bonds is 5. The standard InChI is InChI=1S/C20H16O4Si/c21-19(22)16-12-7-13-17(18(16)20(23)24)25(14-8-3-1-4-9-14)15-10-5-2-6-11-15/h1-13,25H,(H,21,22)(H,23,24). The van der Waals surface area contributed by atoms with E-state index < -0.39 is 20.7 Å². The second-order valence-corrected chi connectivity index (χ2v) is 8.46. The maximum Gasteiger partial charge on any atom is 0.336 e. The van der Waals surface area contributed by atoms with Crippen LogP contribution in [0.25, 0.3) is 0 Å². The maximum atomic E-state index is 11.9. The summed E-state index contributed by atoms with van der Waals surface area (Å²) in [6.07, 6.45) is 0. The molecule has 0 aliphatic rings. The first-order chi connectivity index (χ1) is 12.1. The molecule has 2 N–H and O–H groups in total. The molecule has 0 fully saturated rings. The minimum atomic E-state index is -2.12. The summed E-state index contributed by atoms with van der Waals surface area (Å²) < 4.78 is 0. The monoisotopic (exact) mass is 348 g/mol. The zero-order chi connectivity index (χ0) is 17.8. The Bertz CT molecular complexity index is 868. The molecule has 0 aromatic heterocycles. The molecule has 5 heteroatoms. The van der Waals surface area contributed by atoms with Crippen LogP contribution in [0.4, 0.5) is 0 Å². The highest BCUT2D eigenvalue weighted by molar-refractivity contribution is 6.96. The molecule has 0 bridgehead atoms. The van der Waals surface area contributed by atoms with E-state index in [1.54, 1.807) is 12.1 Å². The highest BCUT2D eigenvalue weighted by atomic mass is 28.3. The van der Waals surface area contributed by atoms with Crippen molar-refractivity contribution < 1.29 is 19.8 Å². The van der Waals surface area contributed by atoms with Gasteiger partial charge in [0, 0.05) is 0 Å². The van der Waals surface area contributed by atoms with Gasteiger partial charge >= 0.3 is 11.9 Å². The summed E-state index contributed by atoms with van der Waals surface area (Å²) in [6.45, 7) is 0. The number of carboxylic acids is 2. The van der Waals surface area contributed by atoms with Gasteiger partial charge in [-0.15, -0.1) is 0 Å². The number of carbonyl (C=O) groups is 2. The Morgan fingerprint density at radius 3 is 1.60 bits per heavy atom. The zero-order valence-corrected chi connectivity index (χ0v) is 14.4. The van der Waals surface area contributed by atoms with E-state index in [2.05, 4.69) is 0 Å². The minimum absolute atomic E-state index is 0.112. The van der Waals surface area contributed by atoms with Crippen molar-refractivity contribution in [3.05, 3.63) is 90.0 Å². The molecule has 0 heterocycles. The van der Waals surface area contributed by atoms with E-state index in [4.69, 9.17) is 0 Å². The lowest BCUT2D eigenvalue weighted by Crippen LogP contribution is -2.54. The average Bonchev–Trinajstić information content (AvgIpc) is 2.63. The van der Waals surface area contributed by atoms with Gasteiger partial charge in [-0.3, -0.25) is 0 Å². The number of hydrogen-bond acceptors (Lipinski definition) is 2. The van der Waals surface area contributed by atoms with Gasteiger partial charge in [-0.1, -0.05) is 83.2 Å². The Labute approximate surface area is 146 Å². The van der Waals surface area contributed by atoms with Crippen molar-refractivity contribution >= 4 is 36.3 Å². The first-order valence-corrected chi connectivity index (χ1v) is 9.52. The normalized spacial score (nSPS) is 10.6. The van der Waals surface area contributed by atoms with Crippen LogP contribution in [0.1, 0.15) is 20.7 Å². The summed E-state index contributed by atoms with van der Waals surface area (Å²) in [4.78, 5) is 23.4. The fourth-order valence-corrected chi connectivity index (χ4v) is 6.26. The molecule has 3 aromatic rings. The number of aromatic carboxylic acids is 2. The molecule has 3 aromatic carbocycles. The predicted molar refractivity (Wildman–Crippen MR) is 99.3 cm³/mol. The van der Waals surface area contributed by atoms with Gasteiger partial charge in [0.15, 0.2) is 0 Å². The molecular weight excluding hydrogens is 332 g/mol. The lowest BCUT2D eigenvalue weighted by molar-refractivity contribution is 0.0652. The zero-order valence-electron chi connectivity index (χ0n) is 13.3. The fraction of sp³-hybridized carbons (Fsp3) is 0. The maximum absolute atomic E-state index is 11.9. The first kappa shape index (κ1) is 16.7. The summed E-state index contributed by atoms with van der Waals surface area (Å²) in [5.74, 6) is -2.44. The lowest BCUT2D eigenvalue weighted by Gasteiger charge is -2.20. The summed E-state index contributed by atoms with van der Waals surface area (Å²) in [5, 5.41) is 21.8. The molecule has 0 radical (unpaired) electrons.